The van der Waals surface area contributed by atoms with E-state index in [0.717, 1.165) is 12.8 Å². The number of primary sulfonamides is 1. The summed E-state index contributed by atoms with van der Waals surface area (Å²) in [6.45, 7) is 0. The number of aromatic nitrogens is 2. The minimum atomic E-state index is -4.02. The van der Waals surface area contributed by atoms with Crippen molar-refractivity contribution in [1.29, 1.82) is 0 Å². The summed E-state index contributed by atoms with van der Waals surface area (Å²) in [5.41, 5.74) is 0. The molecular weight excluding hydrogens is 292 g/mol. The van der Waals surface area contributed by atoms with Gasteiger partial charge >= 0.3 is 0 Å². The van der Waals surface area contributed by atoms with Crippen LogP contribution < -0.4 is 9.86 Å². The minimum absolute atomic E-state index is 0.239. The van der Waals surface area contributed by atoms with E-state index < -0.39 is 25.3 Å². The predicted octanol–water partition coefficient (Wildman–Crippen LogP) is -0.248. The molecule has 108 valence electrons. The third-order valence-electron chi connectivity index (χ3n) is 3.08. The lowest BCUT2D eigenvalue weighted by atomic mass is 10.4. The zero-order chi connectivity index (χ0) is 14.3. The van der Waals surface area contributed by atoms with Gasteiger partial charge in [-0.2, -0.15) is 5.10 Å². The SMILES string of the molecule is Cn1cc(S(N)(=O)=O)c(NS(=O)(=O)C2CCCC2)n1. The molecule has 0 spiro atoms. The fraction of sp³-hybridized carbons (Fsp3) is 0.667. The molecular formula is C9H16N4O4S2. The second-order valence-electron chi connectivity index (χ2n) is 4.61. The van der Waals surface area contributed by atoms with E-state index in [1.807, 2.05) is 0 Å². The summed E-state index contributed by atoms with van der Waals surface area (Å²) in [4.78, 5) is -0.323. The zero-order valence-corrected chi connectivity index (χ0v) is 12.0. The van der Waals surface area contributed by atoms with Crippen LogP contribution in [-0.4, -0.2) is 31.9 Å². The Hall–Kier alpha value is -1.13. The number of hydrogen-bond donors (Lipinski definition) is 2. The van der Waals surface area contributed by atoms with Crippen molar-refractivity contribution in [2.24, 2.45) is 12.2 Å². The van der Waals surface area contributed by atoms with E-state index in [2.05, 4.69) is 9.82 Å². The van der Waals surface area contributed by atoms with Gasteiger partial charge in [0.25, 0.3) is 0 Å². The van der Waals surface area contributed by atoms with E-state index in [1.165, 1.54) is 17.9 Å². The second-order valence-corrected chi connectivity index (χ2v) is 8.10. The number of hydrogen-bond acceptors (Lipinski definition) is 5. The Bertz CT molecular complexity index is 671. The Morgan fingerprint density at radius 2 is 1.89 bits per heavy atom. The highest BCUT2D eigenvalue weighted by atomic mass is 32.2. The largest absolute Gasteiger partial charge is 0.272 e. The summed E-state index contributed by atoms with van der Waals surface area (Å²) in [5.74, 6) is -0.239. The summed E-state index contributed by atoms with van der Waals surface area (Å²) in [6, 6.07) is 0. The van der Waals surface area contributed by atoms with Crippen LogP contribution in [0, 0.1) is 0 Å². The Labute approximate surface area is 112 Å². The van der Waals surface area contributed by atoms with Gasteiger partial charge in [0.05, 0.1) is 5.25 Å². The number of anilines is 1. The van der Waals surface area contributed by atoms with Crippen molar-refractivity contribution >= 4 is 25.9 Å². The van der Waals surface area contributed by atoms with Crippen molar-refractivity contribution in [3.8, 4) is 0 Å². The highest BCUT2D eigenvalue weighted by Crippen LogP contribution is 2.27. The molecule has 10 heteroatoms. The normalized spacial score (nSPS) is 17.8. The summed E-state index contributed by atoms with van der Waals surface area (Å²) < 4.78 is 50.4. The van der Waals surface area contributed by atoms with E-state index in [-0.39, 0.29) is 10.7 Å². The van der Waals surface area contributed by atoms with Crippen molar-refractivity contribution in [3.05, 3.63) is 6.20 Å². The topological polar surface area (TPSA) is 124 Å². The molecule has 0 aromatic carbocycles. The molecule has 1 aliphatic rings. The van der Waals surface area contributed by atoms with Gasteiger partial charge in [-0.05, 0) is 12.8 Å². The summed E-state index contributed by atoms with van der Waals surface area (Å²) >= 11 is 0. The molecule has 0 amide bonds. The lowest BCUT2D eigenvalue weighted by molar-refractivity contribution is 0.584. The van der Waals surface area contributed by atoms with E-state index >= 15 is 0 Å². The molecule has 0 saturated heterocycles. The van der Waals surface area contributed by atoms with Crippen LogP contribution in [0.1, 0.15) is 25.7 Å². The highest BCUT2D eigenvalue weighted by Gasteiger charge is 2.31. The standard InChI is InChI=1S/C9H16N4O4S2/c1-13-6-8(18(10,14)15)9(11-13)12-19(16,17)7-4-2-3-5-7/h6-7H,2-5H2,1H3,(H,11,12)(H2,10,14,15). The molecule has 3 N–H and O–H groups in total. The molecule has 0 radical (unpaired) electrons. The molecule has 0 atom stereocenters. The fourth-order valence-electron chi connectivity index (χ4n) is 2.16. The number of nitrogens with one attached hydrogen (secondary N) is 1. The number of sulfonamides is 2. The van der Waals surface area contributed by atoms with Crippen LogP contribution in [0.3, 0.4) is 0 Å². The summed E-state index contributed by atoms with van der Waals surface area (Å²) in [6.07, 6.45) is 4.03. The van der Waals surface area contributed by atoms with Crippen LogP contribution >= 0.6 is 0 Å². The van der Waals surface area contributed by atoms with Gasteiger partial charge in [-0.25, -0.2) is 22.0 Å². The van der Waals surface area contributed by atoms with Crippen LogP contribution in [0.4, 0.5) is 5.82 Å². The number of aryl methyl sites for hydroxylation is 1. The van der Waals surface area contributed by atoms with Crippen molar-refractivity contribution in [3.63, 3.8) is 0 Å². The summed E-state index contributed by atoms with van der Waals surface area (Å²) in [7, 11) is -6.16. The number of nitrogens with zero attached hydrogens (tertiary/aromatic N) is 2. The molecule has 0 unspecified atom stereocenters. The Morgan fingerprint density at radius 3 is 2.42 bits per heavy atom. The van der Waals surface area contributed by atoms with Crippen molar-refractivity contribution < 1.29 is 16.8 Å². The average Bonchev–Trinajstić information content (AvgIpc) is 2.85. The van der Waals surface area contributed by atoms with Gasteiger partial charge in [0.15, 0.2) is 5.82 Å². The average molecular weight is 308 g/mol. The maximum absolute atomic E-state index is 12.1. The molecule has 0 bridgehead atoms. The third-order valence-corrected chi connectivity index (χ3v) is 5.82. The molecule has 1 aromatic rings. The summed E-state index contributed by atoms with van der Waals surface area (Å²) in [5, 5.41) is 8.33. The van der Waals surface area contributed by atoms with E-state index in [1.54, 1.807) is 0 Å². The number of rotatable bonds is 4. The second kappa shape index (κ2) is 4.76. The van der Waals surface area contributed by atoms with E-state index in [9.17, 15) is 16.8 Å². The van der Waals surface area contributed by atoms with Crippen LogP contribution in [0.5, 0.6) is 0 Å². The lowest BCUT2D eigenvalue weighted by Gasteiger charge is -2.12. The molecule has 1 fully saturated rings. The highest BCUT2D eigenvalue weighted by molar-refractivity contribution is 7.93. The molecule has 1 saturated carbocycles. The minimum Gasteiger partial charge on any atom is -0.272 e. The molecule has 0 aliphatic heterocycles. The first-order valence-electron chi connectivity index (χ1n) is 5.78. The van der Waals surface area contributed by atoms with Crippen LogP contribution in [0.25, 0.3) is 0 Å². The van der Waals surface area contributed by atoms with Gasteiger partial charge in [-0.15, -0.1) is 0 Å². The van der Waals surface area contributed by atoms with Gasteiger partial charge in [0.1, 0.15) is 4.90 Å². The van der Waals surface area contributed by atoms with Gasteiger partial charge in [0.2, 0.25) is 20.0 Å². The van der Waals surface area contributed by atoms with Crippen molar-refractivity contribution in [2.75, 3.05) is 4.72 Å². The smallest absolute Gasteiger partial charge is 0.243 e. The van der Waals surface area contributed by atoms with Crippen LogP contribution in [-0.2, 0) is 27.1 Å². The predicted molar refractivity (Wildman–Crippen MR) is 69.4 cm³/mol. The molecule has 1 aliphatic carbocycles. The van der Waals surface area contributed by atoms with Crippen molar-refractivity contribution in [1.82, 2.24) is 9.78 Å². The fourth-order valence-corrected chi connectivity index (χ4v) is 4.43. The molecule has 19 heavy (non-hydrogen) atoms. The van der Waals surface area contributed by atoms with E-state index in [0.29, 0.717) is 12.8 Å². The van der Waals surface area contributed by atoms with Crippen LogP contribution in [0.15, 0.2) is 11.1 Å². The van der Waals surface area contributed by atoms with Crippen LogP contribution in [0.2, 0.25) is 0 Å². The molecule has 2 rings (SSSR count). The monoisotopic (exact) mass is 308 g/mol. The first kappa shape index (κ1) is 14.3. The zero-order valence-electron chi connectivity index (χ0n) is 10.4. The first-order chi connectivity index (χ1) is 8.70. The van der Waals surface area contributed by atoms with Gasteiger partial charge in [0, 0.05) is 13.2 Å². The van der Waals surface area contributed by atoms with Gasteiger partial charge < -0.3 is 0 Å². The van der Waals surface area contributed by atoms with Crippen molar-refractivity contribution in [2.45, 2.75) is 35.8 Å². The molecule has 8 nitrogen and oxygen atoms in total. The Kier molecular flexibility index (Phi) is 3.58. The van der Waals surface area contributed by atoms with E-state index in [4.69, 9.17) is 5.14 Å². The van der Waals surface area contributed by atoms with Gasteiger partial charge in [-0.3, -0.25) is 9.40 Å². The maximum atomic E-state index is 12.1. The quantitative estimate of drug-likeness (QED) is 0.793. The van der Waals surface area contributed by atoms with Gasteiger partial charge in [-0.1, -0.05) is 12.8 Å². The molecule has 1 heterocycles. The Balaban J connectivity index is 2.34. The molecule has 1 aromatic heterocycles. The third kappa shape index (κ3) is 3.07. The number of nitrogens with two attached hydrogens (primary N) is 1. The Morgan fingerprint density at radius 1 is 1.32 bits per heavy atom. The maximum Gasteiger partial charge on any atom is 0.243 e. The first-order valence-corrected chi connectivity index (χ1v) is 8.87. The lowest BCUT2D eigenvalue weighted by Crippen LogP contribution is -2.26.